The summed E-state index contributed by atoms with van der Waals surface area (Å²) in [5.41, 5.74) is 1.59. The van der Waals surface area contributed by atoms with Gasteiger partial charge in [0, 0.05) is 5.02 Å². The highest BCUT2D eigenvalue weighted by atomic mass is 35.5. The lowest BCUT2D eigenvalue weighted by molar-refractivity contribution is -0.121. The maximum atomic E-state index is 12.5. The summed E-state index contributed by atoms with van der Waals surface area (Å²) >= 11 is 5.97. The standard InChI is InChI=1S/C21H27ClN2O4S/c1-4-6-17-9-11-20(12-10-17)28-14-13-23-21(25)16(2)24(29(3,26)27)19-8-5-7-18(22)15-19/h5,7-12,15-16H,4,6,13-14H2,1-3H3,(H,23,25)/t16-/m1/s1. The Labute approximate surface area is 177 Å². The highest BCUT2D eigenvalue weighted by Gasteiger charge is 2.29. The number of benzene rings is 2. The van der Waals surface area contributed by atoms with E-state index in [2.05, 4.69) is 12.2 Å². The molecule has 0 aromatic heterocycles. The van der Waals surface area contributed by atoms with Gasteiger partial charge in [-0.05, 0) is 49.2 Å². The Kier molecular flexibility index (Phi) is 8.34. The summed E-state index contributed by atoms with van der Waals surface area (Å²) in [5, 5.41) is 3.11. The first-order valence-corrected chi connectivity index (χ1v) is 11.7. The molecule has 158 valence electrons. The molecule has 2 aromatic rings. The van der Waals surface area contributed by atoms with E-state index in [1.54, 1.807) is 18.2 Å². The van der Waals surface area contributed by atoms with E-state index in [4.69, 9.17) is 16.3 Å². The monoisotopic (exact) mass is 438 g/mol. The zero-order valence-corrected chi connectivity index (χ0v) is 18.5. The van der Waals surface area contributed by atoms with E-state index in [1.807, 2.05) is 24.3 Å². The van der Waals surface area contributed by atoms with E-state index in [9.17, 15) is 13.2 Å². The molecule has 0 spiro atoms. The molecule has 6 nitrogen and oxygen atoms in total. The van der Waals surface area contributed by atoms with Crippen LogP contribution in [0.3, 0.4) is 0 Å². The number of rotatable bonds is 10. The predicted molar refractivity (Wildman–Crippen MR) is 117 cm³/mol. The lowest BCUT2D eigenvalue weighted by Gasteiger charge is -2.28. The summed E-state index contributed by atoms with van der Waals surface area (Å²) in [7, 11) is -3.68. The third kappa shape index (κ3) is 6.94. The third-order valence-electron chi connectivity index (χ3n) is 4.28. The Balaban J connectivity index is 1.92. The molecule has 2 rings (SSSR count). The minimum absolute atomic E-state index is 0.257. The molecule has 1 atom stereocenters. The molecule has 0 aliphatic carbocycles. The summed E-state index contributed by atoms with van der Waals surface area (Å²) < 4.78 is 31.2. The van der Waals surface area contributed by atoms with Crippen LogP contribution in [-0.2, 0) is 21.2 Å². The number of nitrogens with zero attached hydrogens (tertiary/aromatic N) is 1. The van der Waals surface area contributed by atoms with E-state index in [0.717, 1.165) is 29.2 Å². The largest absolute Gasteiger partial charge is 0.492 e. The zero-order valence-electron chi connectivity index (χ0n) is 16.9. The van der Waals surface area contributed by atoms with Gasteiger partial charge in [-0.2, -0.15) is 0 Å². The topological polar surface area (TPSA) is 75.7 Å². The highest BCUT2D eigenvalue weighted by molar-refractivity contribution is 7.92. The molecular formula is C21H27ClN2O4S. The van der Waals surface area contributed by atoms with Crippen molar-refractivity contribution < 1.29 is 17.9 Å². The maximum Gasteiger partial charge on any atom is 0.243 e. The average molecular weight is 439 g/mol. The van der Waals surface area contributed by atoms with Gasteiger partial charge in [-0.1, -0.05) is 43.1 Å². The summed E-state index contributed by atoms with van der Waals surface area (Å²) in [5.74, 6) is 0.307. The first-order valence-electron chi connectivity index (χ1n) is 9.46. The van der Waals surface area contributed by atoms with Gasteiger partial charge in [0.2, 0.25) is 15.9 Å². The lowest BCUT2D eigenvalue weighted by Crippen LogP contribution is -2.48. The van der Waals surface area contributed by atoms with Gasteiger partial charge in [0.15, 0.2) is 0 Å². The first kappa shape index (κ1) is 23.0. The maximum absolute atomic E-state index is 12.5. The number of ether oxygens (including phenoxy) is 1. The second kappa shape index (κ2) is 10.5. The predicted octanol–water partition coefficient (Wildman–Crippen LogP) is 3.64. The molecule has 0 fully saturated rings. The molecule has 0 unspecified atom stereocenters. The van der Waals surface area contributed by atoms with E-state index in [1.165, 1.54) is 18.6 Å². The van der Waals surface area contributed by atoms with Crippen molar-refractivity contribution in [2.24, 2.45) is 0 Å². The number of hydrogen-bond donors (Lipinski definition) is 1. The number of amides is 1. The van der Waals surface area contributed by atoms with Crippen LogP contribution in [-0.4, -0.2) is 39.8 Å². The van der Waals surface area contributed by atoms with Crippen molar-refractivity contribution in [2.75, 3.05) is 23.7 Å². The smallest absolute Gasteiger partial charge is 0.243 e. The number of carbonyl (C=O) groups is 1. The van der Waals surface area contributed by atoms with Gasteiger partial charge in [-0.25, -0.2) is 8.42 Å². The lowest BCUT2D eigenvalue weighted by atomic mass is 10.1. The second-order valence-electron chi connectivity index (χ2n) is 6.75. The SMILES string of the molecule is CCCc1ccc(OCCNC(=O)[C@@H](C)N(c2cccc(Cl)c2)S(C)(=O)=O)cc1. The van der Waals surface area contributed by atoms with E-state index in [0.29, 0.717) is 10.7 Å². The van der Waals surface area contributed by atoms with Crippen LogP contribution < -0.4 is 14.4 Å². The molecule has 0 radical (unpaired) electrons. The fraction of sp³-hybridized carbons (Fsp3) is 0.381. The Hall–Kier alpha value is -2.25. The number of hydrogen-bond acceptors (Lipinski definition) is 4. The Morgan fingerprint density at radius 3 is 2.48 bits per heavy atom. The Bertz CT molecular complexity index is 917. The van der Waals surface area contributed by atoms with E-state index in [-0.39, 0.29) is 13.2 Å². The number of nitrogens with one attached hydrogen (secondary N) is 1. The van der Waals surface area contributed by atoms with Crippen LogP contribution in [0, 0.1) is 0 Å². The van der Waals surface area contributed by atoms with Crippen molar-refractivity contribution in [3.8, 4) is 5.75 Å². The highest BCUT2D eigenvalue weighted by Crippen LogP contribution is 2.24. The van der Waals surface area contributed by atoms with E-state index >= 15 is 0 Å². The van der Waals surface area contributed by atoms with Crippen molar-refractivity contribution in [3.63, 3.8) is 0 Å². The van der Waals surface area contributed by atoms with Crippen LogP contribution in [0.1, 0.15) is 25.8 Å². The number of halogens is 1. The van der Waals surface area contributed by atoms with Gasteiger partial charge in [0.05, 0.1) is 18.5 Å². The van der Waals surface area contributed by atoms with E-state index < -0.39 is 22.0 Å². The number of aryl methyl sites for hydroxylation is 1. The van der Waals surface area contributed by atoms with Gasteiger partial charge in [-0.3, -0.25) is 9.10 Å². The summed E-state index contributed by atoms with van der Waals surface area (Å²) in [6.45, 7) is 4.20. The third-order valence-corrected chi connectivity index (χ3v) is 5.76. The zero-order chi connectivity index (χ0) is 21.4. The van der Waals surface area contributed by atoms with Crippen molar-refractivity contribution in [2.45, 2.75) is 32.7 Å². The Morgan fingerprint density at radius 1 is 1.21 bits per heavy atom. The van der Waals surface area contributed by atoms with Crippen LogP contribution in [0.5, 0.6) is 5.75 Å². The number of anilines is 1. The molecule has 0 bridgehead atoms. The number of sulfonamides is 1. The summed E-state index contributed by atoms with van der Waals surface area (Å²) in [4.78, 5) is 12.5. The van der Waals surface area contributed by atoms with Crippen molar-refractivity contribution in [1.29, 1.82) is 0 Å². The molecule has 0 heterocycles. The molecule has 2 aromatic carbocycles. The molecule has 0 saturated carbocycles. The minimum atomic E-state index is -3.68. The van der Waals surface area contributed by atoms with Gasteiger partial charge in [0.25, 0.3) is 0 Å². The van der Waals surface area contributed by atoms with Gasteiger partial charge in [-0.15, -0.1) is 0 Å². The first-order chi connectivity index (χ1) is 13.7. The second-order valence-corrected chi connectivity index (χ2v) is 9.04. The van der Waals surface area contributed by atoms with Gasteiger partial charge >= 0.3 is 0 Å². The fourth-order valence-electron chi connectivity index (χ4n) is 2.95. The summed E-state index contributed by atoms with van der Waals surface area (Å²) in [6, 6.07) is 13.3. The van der Waals surface area contributed by atoms with Crippen LogP contribution in [0.15, 0.2) is 48.5 Å². The molecule has 1 N–H and O–H groups in total. The van der Waals surface area contributed by atoms with Crippen LogP contribution in [0.2, 0.25) is 5.02 Å². The Morgan fingerprint density at radius 2 is 1.90 bits per heavy atom. The quantitative estimate of drug-likeness (QED) is 0.574. The summed E-state index contributed by atoms with van der Waals surface area (Å²) in [6.07, 6.45) is 3.17. The van der Waals surface area contributed by atoms with Gasteiger partial charge < -0.3 is 10.1 Å². The average Bonchev–Trinajstić information content (AvgIpc) is 2.65. The van der Waals surface area contributed by atoms with Crippen molar-refractivity contribution in [3.05, 3.63) is 59.1 Å². The molecule has 29 heavy (non-hydrogen) atoms. The van der Waals surface area contributed by atoms with Crippen molar-refractivity contribution >= 4 is 33.2 Å². The van der Waals surface area contributed by atoms with Gasteiger partial charge in [0.1, 0.15) is 18.4 Å². The number of carbonyl (C=O) groups excluding carboxylic acids is 1. The molecule has 1 amide bonds. The molecule has 0 aliphatic heterocycles. The molecular weight excluding hydrogens is 412 g/mol. The molecule has 8 heteroatoms. The van der Waals surface area contributed by atoms with Crippen LogP contribution >= 0.6 is 11.6 Å². The normalized spacial score (nSPS) is 12.3. The molecule has 0 saturated heterocycles. The van der Waals surface area contributed by atoms with Crippen LogP contribution in [0.4, 0.5) is 5.69 Å². The fourth-order valence-corrected chi connectivity index (χ4v) is 4.31. The van der Waals surface area contributed by atoms with Crippen molar-refractivity contribution in [1.82, 2.24) is 5.32 Å². The minimum Gasteiger partial charge on any atom is -0.492 e. The molecule has 0 aliphatic rings. The van der Waals surface area contributed by atoms with Crippen LogP contribution in [0.25, 0.3) is 0 Å².